The molecule has 2 atom stereocenters. The monoisotopic (exact) mass is 313 g/mol. The first kappa shape index (κ1) is 15.7. The van der Waals surface area contributed by atoms with Crippen molar-refractivity contribution in [3.63, 3.8) is 0 Å². The molecule has 120 valence electrons. The fraction of sp³-hybridized carbons (Fsp3) is 0.316. The van der Waals surface area contributed by atoms with Gasteiger partial charge in [0.1, 0.15) is 5.82 Å². The van der Waals surface area contributed by atoms with Crippen LogP contribution in [0.1, 0.15) is 41.6 Å². The third kappa shape index (κ3) is 3.59. The average molecular weight is 313 g/mol. The van der Waals surface area contributed by atoms with Crippen LogP contribution in [0.4, 0.5) is 4.39 Å². The quantitative estimate of drug-likeness (QED) is 0.911. The molecular formula is C19H20FNO2. The summed E-state index contributed by atoms with van der Waals surface area (Å²) in [5.74, 6) is -0.553. The van der Waals surface area contributed by atoms with Crippen molar-refractivity contribution in [1.29, 1.82) is 0 Å². The lowest BCUT2D eigenvalue weighted by Crippen LogP contribution is -2.34. The summed E-state index contributed by atoms with van der Waals surface area (Å²) in [6, 6.07) is 13.7. The van der Waals surface area contributed by atoms with Gasteiger partial charge in [-0.3, -0.25) is 4.79 Å². The Kier molecular flexibility index (Phi) is 4.72. The van der Waals surface area contributed by atoms with Crippen LogP contribution in [0.5, 0.6) is 0 Å². The normalized spacial score (nSPS) is 18.1. The Morgan fingerprint density at radius 1 is 1.22 bits per heavy atom. The molecule has 0 radical (unpaired) electrons. The van der Waals surface area contributed by atoms with E-state index in [0.717, 1.165) is 24.8 Å². The van der Waals surface area contributed by atoms with E-state index in [-0.39, 0.29) is 24.2 Å². The van der Waals surface area contributed by atoms with Gasteiger partial charge in [0.2, 0.25) is 5.91 Å². The lowest BCUT2D eigenvalue weighted by molar-refractivity contribution is -0.123. The Hall–Kier alpha value is -2.20. The molecule has 2 aromatic rings. The van der Waals surface area contributed by atoms with Crippen molar-refractivity contribution < 1.29 is 14.3 Å². The van der Waals surface area contributed by atoms with E-state index in [1.165, 1.54) is 29.8 Å². The molecule has 0 fully saturated rings. The van der Waals surface area contributed by atoms with Crippen LogP contribution in [0.2, 0.25) is 0 Å². The number of aliphatic hydroxyl groups is 1. The minimum absolute atomic E-state index is 0.0571. The van der Waals surface area contributed by atoms with Crippen molar-refractivity contribution in [2.75, 3.05) is 6.54 Å². The highest BCUT2D eigenvalue weighted by atomic mass is 19.1. The minimum Gasteiger partial charge on any atom is -0.387 e. The predicted octanol–water partition coefficient (Wildman–Crippen LogP) is 3.10. The summed E-state index contributed by atoms with van der Waals surface area (Å²) in [5, 5.41) is 12.9. The van der Waals surface area contributed by atoms with Gasteiger partial charge in [0.05, 0.1) is 12.0 Å². The fourth-order valence-corrected chi connectivity index (χ4v) is 3.15. The molecule has 3 nitrogen and oxygen atoms in total. The van der Waals surface area contributed by atoms with Crippen LogP contribution in [-0.4, -0.2) is 17.6 Å². The summed E-state index contributed by atoms with van der Waals surface area (Å²) in [4.78, 5) is 12.5. The Morgan fingerprint density at radius 3 is 2.74 bits per heavy atom. The van der Waals surface area contributed by atoms with Crippen molar-refractivity contribution in [3.05, 3.63) is 71.0 Å². The van der Waals surface area contributed by atoms with Crippen LogP contribution in [0, 0.1) is 5.82 Å². The van der Waals surface area contributed by atoms with Gasteiger partial charge in [-0.05, 0) is 48.1 Å². The summed E-state index contributed by atoms with van der Waals surface area (Å²) >= 11 is 0. The van der Waals surface area contributed by atoms with Gasteiger partial charge in [0.25, 0.3) is 0 Å². The van der Waals surface area contributed by atoms with E-state index in [1.54, 1.807) is 0 Å². The van der Waals surface area contributed by atoms with Crippen LogP contribution >= 0.6 is 0 Å². The standard InChI is InChI=1S/C19H20FNO2/c20-15-10-8-14(9-11-15)18(22)12-21-19(23)17-7-3-5-13-4-1-2-6-16(13)17/h1-2,4,6,8-11,17-18,22H,3,5,7,12H2,(H,21,23)/t17-,18+/m1/s1. The fourth-order valence-electron chi connectivity index (χ4n) is 3.15. The summed E-state index contributed by atoms with van der Waals surface area (Å²) in [6.45, 7) is 0.128. The van der Waals surface area contributed by atoms with Gasteiger partial charge in [0, 0.05) is 6.54 Å². The molecule has 0 bridgehead atoms. The third-order valence-corrected chi connectivity index (χ3v) is 4.41. The second-order valence-corrected chi connectivity index (χ2v) is 5.96. The van der Waals surface area contributed by atoms with Gasteiger partial charge in [-0.15, -0.1) is 0 Å². The van der Waals surface area contributed by atoms with Crippen LogP contribution in [0.25, 0.3) is 0 Å². The predicted molar refractivity (Wildman–Crippen MR) is 86.5 cm³/mol. The average Bonchev–Trinajstić information content (AvgIpc) is 2.59. The Bertz CT molecular complexity index is 684. The van der Waals surface area contributed by atoms with Crippen LogP contribution < -0.4 is 5.32 Å². The van der Waals surface area contributed by atoms with Crippen molar-refractivity contribution in [1.82, 2.24) is 5.32 Å². The first-order valence-electron chi connectivity index (χ1n) is 7.94. The molecule has 2 N–H and O–H groups in total. The number of aryl methyl sites for hydroxylation is 1. The molecule has 4 heteroatoms. The highest BCUT2D eigenvalue weighted by Gasteiger charge is 2.26. The van der Waals surface area contributed by atoms with Gasteiger partial charge < -0.3 is 10.4 Å². The van der Waals surface area contributed by atoms with Crippen molar-refractivity contribution in [3.8, 4) is 0 Å². The molecule has 2 aromatic carbocycles. The van der Waals surface area contributed by atoms with E-state index in [1.807, 2.05) is 18.2 Å². The molecule has 0 saturated carbocycles. The number of hydrogen-bond donors (Lipinski definition) is 2. The third-order valence-electron chi connectivity index (χ3n) is 4.41. The van der Waals surface area contributed by atoms with Gasteiger partial charge in [-0.1, -0.05) is 36.4 Å². The number of halogens is 1. The molecule has 0 spiro atoms. The molecular weight excluding hydrogens is 293 g/mol. The van der Waals surface area contributed by atoms with Crippen LogP contribution in [0.15, 0.2) is 48.5 Å². The number of hydrogen-bond acceptors (Lipinski definition) is 2. The van der Waals surface area contributed by atoms with Crippen molar-refractivity contribution in [2.45, 2.75) is 31.3 Å². The zero-order chi connectivity index (χ0) is 16.2. The van der Waals surface area contributed by atoms with E-state index < -0.39 is 6.10 Å². The van der Waals surface area contributed by atoms with Crippen molar-refractivity contribution >= 4 is 5.91 Å². The molecule has 0 aromatic heterocycles. The molecule has 1 aliphatic carbocycles. The number of nitrogens with one attached hydrogen (secondary N) is 1. The first-order chi connectivity index (χ1) is 11.1. The SMILES string of the molecule is O=C(NC[C@H](O)c1ccc(F)cc1)[C@@H]1CCCc2ccccc21. The summed E-state index contributed by atoms with van der Waals surface area (Å²) in [7, 11) is 0. The summed E-state index contributed by atoms with van der Waals surface area (Å²) in [5.41, 5.74) is 2.92. The lowest BCUT2D eigenvalue weighted by atomic mass is 9.82. The maximum absolute atomic E-state index is 12.9. The number of rotatable bonds is 4. The minimum atomic E-state index is -0.835. The second-order valence-electron chi connectivity index (χ2n) is 5.96. The highest BCUT2D eigenvalue weighted by Crippen LogP contribution is 2.31. The smallest absolute Gasteiger partial charge is 0.227 e. The zero-order valence-electron chi connectivity index (χ0n) is 12.8. The van der Waals surface area contributed by atoms with Crippen LogP contribution in [0.3, 0.4) is 0 Å². The topological polar surface area (TPSA) is 49.3 Å². The number of aliphatic hydroxyl groups excluding tert-OH is 1. The maximum Gasteiger partial charge on any atom is 0.227 e. The molecule has 0 heterocycles. The molecule has 1 amide bonds. The van der Waals surface area contributed by atoms with Gasteiger partial charge in [-0.25, -0.2) is 4.39 Å². The van der Waals surface area contributed by atoms with E-state index in [2.05, 4.69) is 11.4 Å². The summed E-state index contributed by atoms with van der Waals surface area (Å²) in [6.07, 6.45) is 2.00. The Morgan fingerprint density at radius 2 is 1.96 bits per heavy atom. The van der Waals surface area contributed by atoms with Gasteiger partial charge >= 0.3 is 0 Å². The van der Waals surface area contributed by atoms with E-state index in [4.69, 9.17) is 0 Å². The number of fused-ring (bicyclic) bond motifs is 1. The Balaban J connectivity index is 1.63. The van der Waals surface area contributed by atoms with Gasteiger partial charge in [0.15, 0.2) is 0 Å². The molecule has 1 aliphatic rings. The largest absolute Gasteiger partial charge is 0.387 e. The number of amides is 1. The van der Waals surface area contributed by atoms with E-state index in [9.17, 15) is 14.3 Å². The molecule has 0 saturated heterocycles. The highest BCUT2D eigenvalue weighted by molar-refractivity contribution is 5.84. The molecule has 0 unspecified atom stereocenters. The molecule has 23 heavy (non-hydrogen) atoms. The van der Waals surface area contributed by atoms with Crippen LogP contribution in [-0.2, 0) is 11.2 Å². The number of benzene rings is 2. The second kappa shape index (κ2) is 6.92. The number of carbonyl (C=O) groups excluding carboxylic acids is 1. The maximum atomic E-state index is 12.9. The molecule has 0 aliphatic heterocycles. The lowest BCUT2D eigenvalue weighted by Gasteiger charge is -2.25. The van der Waals surface area contributed by atoms with Gasteiger partial charge in [-0.2, -0.15) is 0 Å². The van der Waals surface area contributed by atoms with E-state index >= 15 is 0 Å². The van der Waals surface area contributed by atoms with E-state index in [0.29, 0.717) is 5.56 Å². The summed E-state index contributed by atoms with van der Waals surface area (Å²) < 4.78 is 12.9. The zero-order valence-corrected chi connectivity index (χ0v) is 12.8. The first-order valence-corrected chi connectivity index (χ1v) is 7.94. The molecule has 3 rings (SSSR count). The van der Waals surface area contributed by atoms with Crippen molar-refractivity contribution in [2.24, 2.45) is 0 Å². The number of carbonyl (C=O) groups is 1. The Labute approximate surface area is 135 Å².